The lowest BCUT2D eigenvalue weighted by Gasteiger charge is -2.30. The molecule has 1 N–H and O–H groups in total. The molecule has 0 amide bonds. The highest BCUT2D eigenvalue weighted by Crippen LogP contribution is 2.34. The second kappa shape index (κ2) is 6.13. The Kier molecular flexibility index (Phi) is 4.76. The van der Waals surface area contributed by atoms with Gasteiger partial charge in [0.25, 0.3) is 0 Å². The molecule has 0 aliphatic heterocycles. The van der Waals surface area contributed by atoms with Gasteiger partial charge >= 0.3 is 0 Å². The quantitative estimate of drug-likeness (QED) is 0.862. The number of hydrogen-bond donors (Lipinski definition) is 1. The summed E-state index contributed by atoms with van der Waals surface area (Å²) in [5.41, 5.74) is 1.92. The molecule has 1 aliphatic rings. The summed E-state index contributed by atoms with van der Waals surface area (Å²) in [6.07, 6.45) is 5.04. The fraction of sp³-hybridized carbons (Fsp3) is 0.500. The van der Waals surface area contributed by atoms with Crippen LogP contribution < -0.4 is 0 Å². The van der Waals surface area contributed by atoms with Crippen molar-refractivity contribution in [1.29, 1.82) is 0 Å². The van der Waals surface area contributed by atoms with Crippen molar-refractivity contribution in [3.05, 3.63) is 35.4 Å². The number of carbonyl (C=O) groups excluding carboxylic acids is 1. The second-order valence-corrected chi connectivity index (χ2v) is 6.75. The third-order valence-corrected chi connectivity index (χ3v) is 6.14. The van der Waals surface area contributed by atoms with Crippen LogP contribution >= 0.6 is 23.5 Å². The highest BCUT2D eigenvalue weighted by Gasteiger charge is 2.35. The first-order valence-corrected chi connectivity index (χ1v) is 8.62. The zero-order valence-electron chi connectivity index (χ0n) is 10.6. The van der Waals surface area contributed by atoms with Gasteiger partial charge in [0.1, 0.15) is 0 Å². The number of Topliss-reactive ketones (excluding diaryl/α,β-unsaturated/α-hetero) is 1. The minimum Gasteiger partial charge on any atom is -0.390 e. The van der Waals surface area contributed by atoms with Gasteiger partial charge in [-0.15, -0.1) is 23.5 Å². The van der Waals surface area contributed by atoms with E-state index in [2.05, 4.69) is 0 Å². The van der Waals surface area contributed by atoms with Gasteiger partial charge in [-0.3, -0.25) is 4.79 Å². The number of fused-ring (bicyclic) bond motifs is 1. The first kappa shape index (κ1) is 14.0. The molecule has 0 heterocycles. The molecule has 2 unspecified atom stereocenters. The molecule has 2 rings (SSSR count). The molecule has 0 bridgehead atoms. The van der Waals surface area contributed by atoms with Crippen molar-refractivity contribution in [2.75, 3.05) is 12.5 Å². The van der Waals surface area contributed by atoms with Crippen LogP contribution in [0.5, 0.6) is 0 Å². The maximum atomic E-state index is 12.4. The fourth-order valence-electron chi connectivity index (χ4n) is 2.51. The average molecular weight is 282 g/mol. The van der Waals surface area contributed by atoms with Crippen molar-refractivity contribution in [3.8, 4) is 0 Å². The van der Waals surface area contributed by atoms with Crippen LogP contribution in [-0.2, 0) is 6.42 Å². The van der Waals surface area contributed by atoms with E-state index in [0.717, 1.165) is 24.0 Å². The van der Waals surface area contributed by atoms with Gasteiger partial charge in [0, 0.05) is 5.56 Å². The maximum absolute atomic E-state index is 12.4. The zero-order valence-corrected chi connectivity index (χ0v) is 12.3. The molecule has 1 aromatic carbocycles. The lowest BCUT2D eigenvalue weighted by molar-refractivity contribution is 0.0685. The molecule has 4 heteroatoms. The molecule has 98 valence electrons. The van der Waals surface area contributed by atoms with Crippen molar-refractivity contribution in [2.45, 2.75) is 23.5 Å². The van der Waals surface area contributed by atoms with Crippen LogP contribution in [0.25, 0.3) is 0 Å². The molecule has 2 nitrogen and oxygen atoms in total. The van der Waals surface area contributed by atoms with Gasteiger partial charge in [0.15, 0.2) is 5.78 Å². The zero-order chi connectivity index (χ0) is 13.1. The number of aryl methyl sites for hydroxylation is 1. The first-order valence-electron chi connectivity index (χ1n) is 6.04. The van der Waals surface area contributed by atoms with E-state index in [1.807, 2.05) is 36.8 Å². The Labute approximate surface area is 117 Å². The Bertz CT molecular complexity index is 430. The van der Waals surface area contributed by atoms with E-state index in [4.69, 9.17) is 0 Å². The number of thioether (sulfide) groups is 2. The molecule has 0 fully saturated rings. The Morgan fingerprint density at radius 2 is 1.94 bits per heavy atom. The number of ketones is 1. The van der Waals surface area contributed by atoms with E-state index in [0.29, 0.717) is 0 Å². The standard InChI is InChI=1S/C14H18O2S2/c1-17-14(18-2)13(16)11-8-7-9-5-3-4-6-10(9)12(11)15/h3-6,11,13-14,16H,7-8H2,1-2H3. The summed E-state index contributed by atoms with van der Waals surface area (Å²) in [5.74, 6) is -0.137. The third-order valence-electron chi connectivity index (χ3n) is 3.50. The number of aliphatic hydroxyl groups is 1. The molecule has 0 aromatic heterocycles. The van der Waals surface area contributed by atoms with Gasteiger partial charge in [-0.1, -0.05) is 24.3 Å². The van der Waals surface area contributed by atoms with Gasteiger partial charge in [0.05, 0.1) is 16.6 Å². The van der Waals surface area contributed by atoms with E-state index in [9.17, 15) is 9.90 Å². The topological polar surface area (TPSA) is 37.3 Å². The number of carbonyl (C=O) groups is 1. The highest BCUT2D eigenvalue weighted by molar-refractivity contribution is 8.16. The number of aliphatic hydroxyl groups excluding tert-OH is 1. The summed E-state index contributed by atoms with van der Waals surface area (Å²) in [6, 6.07) is 7.75. The Morgan fingerprint density at radius 1 is 1.28 bits per heavy atom. The molecule has 1 aromatic rings. The van der Waals surface area contributed by atoms with E-state index < -0.39 is 6.10 Å². The monoisotopic (exact) mass is 282 g/mol. The third kappa shape index (κ3) is 2.60. The second-order valence-electron chi connectivity index (χ2n) is 4.50. The lowest BCUT2D eigenvalue weighted by Crippen LogP contribution is -2.37. The smallest absolute Gasteiger partial charge is 0.168 e. The van der Waals surface area contributed by atoms with Gasteiger partial charge in [0.2, 0.25) is 0 Å². The predicted molar refractivity (Wildman–Crippen MR) is 79.4 cm³/mol. The van der Waals surface area contributed by atoms with Crippen LogP contribution in [0, 0.1) is 5.92 Å². The Morgan fingerprint density at radius 3 is 2.61 bits per heavy atom. The van der Waals surface area contributed by atoms with Crippen molar-refractivity contribution in [2.24, 2.45) is 5.92 Å². The van der Waals surface area contributed by atoms with Crippen LogP contribution in [-0.4, -0.2) is 34.1 Å². The number of rotatable bonds is 4. The summed E-state index contributed by atoms with van der Waals surface area (Å²) in [7, 11) is 0. The first-order chi connectivity index (χ1) is 8.69. The van der Waals surface area contributed by atoms with Crippen LogP contribution in [0.4, 0.5) is 0 Å². The van der Waals surface area contributed by atoms with Gasteiger partial charge in [-0.05, 0) is 30.9 Å². The van der Waals surface area contributed by atoms with Crippen molar-refractivity contribution in [1.82, 2.24) is 0 Å². The van der Waals surface area contributed by atoms with Gasteiger partial charge in [-0.2, -0.15) is 0 Å². The maximum Gasteiger partial charge on any atom is 0.168 e. The van der Waals surface area contributed by atoms with Crippen LogP contribution in [0.3, 0.4) is 0 Å². The number of benzene rings is 1. The predicted octanol–water partition coefficient (Wildman–Crippen LogP) is 2.84. The Balaban J connectivity index is 2.21. The molecule has 2 atom stereocenters. The lowest BCUT2D eigenvalue weighted by atomic mass is 9.80. The van der Waals surface area contributed by atoms with E-state index in [1.54, 1.807) is 23.5 Å². The molecular weight excluding hydrogens is 264 g/mol. The van der Waals surface area contributed by atoms with E-state index >= 15 is 0 Å². The largest absolute Gasteiger partial charge is 0.390 e. The van der Waals surface area contributed by atoms with Crippen molar-refractivity contribution < 1.29 is 9.90 Å². The molecular formula is C14H18O2S2. The molecule has 0 radical (unpaired) electrons. The van der Waals surface area contributed by atoms with Crippen LogP contribution in [0.1, 0.15) is 22.3 Å². The van der Waals surface area contributed by atoms with E-state index in [-0.39, 0.29) is 16.3 Å². The van der Waals surface area contributed by atoms with Crippen molar-refractivity contribution in [3.63, 3.8) is 0 Å². The van der Waals surface area contributed by atoms with Gasteiger partial charge in [-0.25, -0.2) is 0 Å². The van der Waals surface area contributed by atoms with Crippen LogP contribution in [0.15, 0.2) is 24.3 Å². The SMILES string of the molecule is CSC(SC)C(O)C1CCc2ccccc2C1=O. The van der Waals surface area contributed by atoms with Gasteiger partial charge < -0.3 is 5.11 Å². The minimum absolute atomic E-state index is 0.0733. The van der Waals surface area contributed by atoms with Crippen LogP contribution in [0.2, 0.25) is 0 Å². The fourth-order valence-corrected chi connectivity index (χ4v) is 4.22. The summed E-state index contributed by atoms with van der Waals surface area (Å²) >= 11 is 3.23. The molecule has 0 saturated carbocycles. The Hall–Kier alpha value is -0.450. The summed E-state index contributed by atoms with van der Waals surface area (Å²) in [4.78, 5) is 12.4. The molecule has 1 aliphatic carbocycles. The normalized spacial score (nSPS) is 20.9. The van der Waals surface area contributed by atoms with E-state index in [1.165, 1.54) is 0 Å². The summed E-state index contributed by atoms with van der Waals surface area (Å²) < 4.78 is 0.0733. The average Bonchev–Trinajstić information content (AvgIpc) is 2.40. The molecule has 0 saturated heterocycles. The summed E-state index contributed by atoms with van der Waals surface area (Å²) in [5, 5.41) is 10.4. The number of hydrogen-bond acceptors (Lipinski definition) is 4. The minimum atomic E-state index is -0.559. The summed E-state index contributed by atoms with van der Waals surface area (Å²) in [6.45, 7) is 0. The molecule has 18 heavy (non-hydrogen) atoms. The highest BCUT2D eigenvalue weighted by atomic mass is 32.2. The molecule has 0 spiro atoms. The van der Waals surface area contributed by atoms with Crippen molar-refractivity contribution >= 4 is 29.3 Å².